The van der Waals surface area contributed by atoms with Gasteiger partial charge in [-0.05, 0) is 37.0 Å². The van der Waals surface area contributed by atoms with Gasteiger partial charge in [0.15, 0.2) is 0 Å². The molecule has 2 aliphatic carbocycles. The molecule has 2 aliphatic rings. The fourth-order valence-corrected chi connectivity index (χ4v) is 2.51. The first-order valence-electron chi connectivity index (χ1n) is 4.80. The van der Waals surface area contributed by atoms with E-state index in [2.05, 4.69) is 12.7 Å². The van der Waals surface area contributed by atoms with Gasteiger partial charge in [0.1, 0.15) is 0 Å². The Kier molecular flexibility index (Phi) is 2.05. The fraction of sp³-hybridized carbons (Fsp3) is 0.636. The monoisotopic (exact) mass is 164 g/mol. The average molecular weight is 164 g/mol. The molecule has 1 fully saturated rings. The number of hydrogen-bond donors (Lipinski definition) is 1. The molecule has 1 heteroatoms. The summed E-state index contributed by atoms with van der Waals surface area (Å²) in [4.78, 5) is 0. The predicted octanol–water partition coefficient (Wildman–Crippen LogP) is 2.14. The Balaban J connectivity index is 2.04. The molecule has 0 aromatic rings. The summed E-state index contributed by atoms with van der Waals surface area (Å²) in [7, 11) is 0. The first kappa shape index (κ1) is 8.06. The van der Waals surface area contributed by atoms with Gasteiger partial charge in [0.25, 0.3) is 0 Å². The molecular weight excluding hydrogens is 148 g/mol. The molecule has 12 heavy (non-hydrogen) atoms. The van der Waals surface area contributed by atoms with Crippen molar-refractivity contribution in [3.05, 3.63) is 24.8 Å². The van der Waals surface area contributed by atoms with Crippen molar-refractivity contribution in [3.63, 3.8) is 0 Å². The zero-order valence-electron chi connectivity index (χ0n) is 7.32. The predicted molar refractivity (Wildman–Crippen MR) is 49.7 cm³/mol. The van der Waals surface area contributed by atoms with Gasteiger partial charge in [0, 0.05) is 0 Å². The van der Waals surface area contributed by atoms with Crippen molar-refractivity contribution in [1.29, 1.82) is 0 Å². The van der Waals surface area contributed by atoms with E-state index in [1.54, 1.807) is 0 Å². The van der Waals surface area contributed by atoms with Crippen molar-refractivity contribution in [2.75, 3.05) is 0 Å². The quantitative estimate of drug-likeness (QED) is 0.589. The minimum atomic E-state index is -0.183. The molecule has 1 nitrogen and oxygen atoms in total. The van der Waals surface area contributed by atoms with Crippen LogP contribution in [-0.2, 0) is 0 Å². The topological polar surface area (TPSA) is 20.2 Å². The summed E-state index contributed by atoms with van der Waals surface area (Å²) in [6.07, 6.45) is 9.62. The molecular formula is C11H16O. The Labute approximate surface area is 73.8 Å². The molecule has 0 aromatic heterocycles. The molecule has 1 N–H and O–H groups in total. The van der Waals surface area contributed by atoms with Gasteiger partial charge in [0.05, 0.1) is 6.10 Å². The van der Waals surface area contributed by atoms with Crippen molar-refractivity contribution in [2.45, 2.75) is 25.4 Å². The second kappa shape index (κ2) is 3.06. The summed E-state index contributed by atoms with van der Waals surface area (Å²) < 4.78 is 0. The van der Waals surface area contributed by atoms with Crippen molar-refractivity contribution < 1.29 is 5.11 Å². The summed E-state index contributed by atoms with van der Waals surface area (Å²) in [6, 6.07) is 0. The van der Waals surface area contributed by atoms with Crippen LogP contribution < -0.4 is 0 Å². The number of fused-ring (bicyclic) bond motifs is 1. The second-order valence-electron chi connectivity index (χ2n) is 4.01. The molecule has 0 saturated heterocycles. The third kappa shape index (κ3) is 1.22. The number of rotatable bonds is 1. The van der Waals surface area contributed by atoms with Gasteiger partial charge in [-0.1, -0.05) is 18.2 Å². The Hall–Kier alpha value is -0.560. The van der Waals surface area contributed by atoms with Crippen LogP contribution >= 0.6 is 0 Å². The van der Waals surface area contributed by atoms with Crippen LogP contribution in [0.4, 0.5) is 0 Å². The van der Waals surface area contributed by atoms with Crippen molar-refractivity contribution in [3.8, 4) is 0 Å². The summed E-state index contributed by atoms with van der Waals surface area (Å²) >= 11 is 0. The molecule has 2 rings (SSSR count). The summed E-state index contributed by atoms with van der Waals surface area (Å²) in [5.41, 5.74) is 0. The van der Waals surface area contributed by atoms with E-state index in [-0.39, 0.29) is 6.10 Å². The minimum Gasteiger partial charge on any atom is -0.389 e. The Morgan fingerprint density at radius 2 is 2.17 bits per heavy atom. The number of allylic oxidation sites excluding steroid dienone is 2. The number of aliphatic hydroxyl groups excluding tert-OH is 1. The maximum Gasteiger partial charge on any atom is 0.0755 e. The largest absolute Gasteiger partial charge is 0.389 e. The Bertz CT molecular complexity index is 207. The highest BCUT2D eigenvalue weighted by atomic mass is 16.3. The van der Waals surface area contributed by atoms with Gasteiger partial charge in [0.2, 0.25) is 0 Å². The maximum absolute atomic E-state index is 9.62. The van der Waals surface area contributed by atoms with Gasteiger partial charge in [-0.3, -0.25) is 0 Å². The van der Waals surface area contributed by atoms with E-state index in [1.165, 1.54) is 12.8 Å². The Morgan fingerprint density at radius 3 is 2.92 bits per heavy atom. The molecule has 0 radical (unpaired) electrons. The number of hydrogen-bond acceptors (Lipinski definition) is 1. The van der Waals surface area contributed by atoms with Crippen molar-refractivity contribution in [2.24, 2.45) is 17.8 Å². The van der Waals surface area contributed by atoms with E-state index < -0.39 is 0 Å². The third-order valence-electron chi connectivity index (χ3n) is 3.32. The highest BCUT2D eigenvalue weighted by Crippen LogP contribution is 2.40. The molecule has 1 saturated carbocycles. The zero-order chi connectivity index (χ0) is 8.55. The van der Waals surface area contributed by atoms with E-state index in [9.17, 15) is 5.11 Å². The van der Waals surface area contributed by atoms with Gasteiger partial charge in [-0.25, -0.2) is 0 Å². The lowest BCUT2D eigenvalue weighted by atomic mass is 9.75. The van der Waals surface area contributed by atoms with Crippen LogP contribution in [0, 0.1) is 17.8 Å². The highest BCUT2D eigenvalue weighted by Gasteiger charge is 2.34. The first-order valence-corrected chi connectivity index (χ1v) is 4.80. The first-order chi connectivity index (χ1) is 5.81. The lowest BCUT2D eigenvalue weighted by molar-refractivity contribution is 0.103. The molecule has 0 aromatic carbocycles. The SMILES string of the molecule is C=C[C@@H]1CC[C@@H]2C=CC(O)[C@@H]2C1. The zero-order valence-corrected chi connectivity index (χ0v) is 7.32. The molecule has 0 heterocycles. The van der Waals surface area contributed by atoms with E-state index in [4.69, 9.17) is 0 Å². The van der Waals surface area contributed by atoms with Crippen LogP contribution in [-0.4, -0.2) is 11.2 Å². The van der Waals surface area contributed by atoms with Gasteiger partial charge < -0.3 is 5.11 Å². The van der Waals surface area contributed by atoms with Crippen LogP contribution in [0.2, 0.25) is 0 Å². The second-order valence-corrected chi connectivity index (χ2v) is 4.01. The molecule has 1 unspecified atom stereocenters. The van der Waals surface area contributed by atoms with E-state index in [0.29, 0.717) is 17.8 Å². The lowest BCUT2D eigenvalue weighted by Gasteiger charge is -2.31. The van der Waals surface area contributed by atoms with E-state index >= 15 is 0 Å². The lowest BCUT2D eigenvalue weighted by Crippen LogP contribution is -2.27. The van der Waals surface area contributed by atoms with E-state index in [1.807, 2.05) is 12.2 Å². The average Bonchev–Trinajstić information content (AvgIpc) is 2.47. The minimum absolute atomic E-state index is 0.183. The van der Waals surface area contributed by atoms with Crippen molar-refractivity contribution >= 4 is 0 Å². The third-order valence-corrected chi connectivity index (χ3v) is 3.32. The van der Waals surface area contributed by atoms with Crippen LogP contribution in [0.15, 0.2) is 24.8 Å². The van der Waals surface area contributed by atoms with Crippen LogP contribution in [0.3, 0.4) is 0 Å². The highest BCUT2D eigenvalue weighted by molar-refractivity contribution is 5.10. The van der Waals surface area contributed by atoms with Gasteiger partial charge >= 0.3 is 0 Å². The molecule has 0 aliphatic heterocycles. The molecule has 66 valence electrons. The fourth-order valence-electron chi connectivity index (χ4n) is 2.51. The molecule has 4 atom stereocenters. The van der Waals surface area contributed by atoms with Crippen LogP contribution in [0.25, 0.3) is 0 Å². The van der Waals surface area contributed by atoms with Crippen molar-refractivity contribution in [1.82, 2.24) is 0 Å². The summed E-state index contributed by atoms with van der Waals surface area (Å²) in [5.74, 6) is 1.78. The van der Waals surface area contributed by atoms with Crippen LogP contribution in [0.1, 0.15) is 19.3 Å². The molecule has 0 amide bonds. The number of aliphatic hydroxyl groups is 1. The molecule has 0 bridgehead atoms. The summed E-state index contributed by atoms with van der Waals surface area (Å²) in [5, 5.41) is 9.62. The maximum atomic E-state index is 9.62. The van der Waals surface area contributed by atoms with Gasteiger partial charge in [-0.15, -0.1) is 6.58 Å². The summed E-state index contributed by atoms with van der Waals surface area (Å²) in [6.45, 7) is 3.82. The smallest absolute Gasteiger partial charge is 0.0755 e. The standard InChI is InChI=1S/C11H16O/c1-2-8-3-4-9-5-6-11(12)10(9)7-8/h2,5-6,8-12H,1,3-4,7H2/t8-,9-,10-,11?/m1/s1. The molecule has 0 spiro atoms. The normalized spacial score (nSPS) is 45.8. The van der Waals surface area contributed by atoms with Gasteiger partial charge in [-0.2, -0.15) is 0 Å². The van der Waals surface area contributed by atoms with Crippen LogP contribution in [0.5, 0.6) is 0 Å². The Morgan fingerprint density at radius 1 is 1.33 bits per heavy atom. The van der Waals surface area contributed by atoms with E-state index in [0.717, 1.165) is 6.42 Å².